The number of Topliss-reactive ketones (excluding diaryl/α,β-unsaturated/α-hetero) is 1. The lowest BCUT2D eigenvalue weighted by Gasteiger charge is -2.22. The van der Waals surface area contributed by atoms with Crippen molar-refractivity contribution in [1.82, 2.24) is 4.90 Å². The van der Waals surface area contributed by atoms with Gasteiger partial charge >= 0.3 is 0 Å². The van der Waals surface area contributed by atoms with E-state index in [-0.39, 0.29) is 24.1 Å². The normalized spacial score (nSPS) is 11.4. The summed E-state index contributed by atoms with van der Waals surface area (Å²) in [6.07, 6.45) is 0.0121. The first kappa shape index (κ1) is 21.2. The predicted molar refractivity (Wildman–Crippen MR) is 109 cm³/mol. The molecule has 0 aromatic heterocycles. The van der Waals surface area contributed by atoms with Crippen molar-refractivity contribution in [2.24, 2.45) is 0 Å². The monoisotopic (exact) mass is 382 g/mol. The number of rotatable bonds is 8. The van der Waals surface area contributed by atoms with Crippen molar-refractivity contribution in [3.05, 3.63) is 59.7 Å². The molecule has 148 valence electrons. The largest absolute Gasteiger partial charge is 0.481 e. The number of nitrogens with zero attached hydrogens (tertiary/aromatic N) is 1. The van der Waals surface area contributed by atoms with Crippen LogP contribution in [0.2, 0.25) is 0 Å². The van der Waals surface area contributed by atoms with Crippen LogP contribution in [0.3, 0.4) is 0 Å². The molecular formula is C22H26N2O4. The molecular weight excluding hydrogens is 356 g/mol. The van der Waals surface area contributed by atoms with E-state index in [1.165, 1.54) is 11.8 Å². The van der Waals surface area contributed by atoms with E-state index in [2.05, 4.69) is 5.32 Å². The van der Waals surface area contributed by atoms with E-state index >= 15 is 0 Å². The third-order valence-corrected chi connectivity index (χ3v) is 4.33. The fraction of sp³-hybridized carbons (Fsp3) is 0.318. The molecule has 6 heteroatoms. The van der Waals surface area contributed by atoms with Gasteiger partial charge in [-0.15, -0.1) is 0 Å². The summed E-state index contributed by atoms with van der Waals surface area (Å²) in [7, 11) is 1.56. The van der Waals surface area contributed by atoms with Crippen molar-refractivity contribution in [3.8, 4) is 5.75 Å². The van der Waals surface area contributed by atoms with Gasteiger partial charge in [0.1, 0.15) is 5.75 Å². The van der Waals surface area contributed by atoms with Crippen LogP contribution in [0, 0.1) is 0 Å². The minimum absolute atomic E-state index is 0.0782. The molecule has 28 heavy (non-hydrogen) atoms. The highest BCUT2D eigenvalue weighted by Crippen LogP contribution is 2.17. The van der Waals surface area contributed by atoms with Crippen LogP contribution >= 0.6 is 0 Å². The second-order valence-corrected chi connectivity index (χ2v) is 6.60. The maximum atomic E-state index is 12.5. The van der Waals surface area contributed by atoms with Crippen LogP contribution in [0.4, 0.5) is 5.69 Å². The van der Waals surface area contributed by atoms with Gasteiger partial charge in [0.05, 0.1) is 6.54 Å². The Morgan fingerprint density at radius 3 is 2.50 bits per heavy atom. The summed E-state index contributed by atoms with van der Waals surface area (Å²) in [6, 6.07) is 14.2. The van der Waals surface area contributed by atoms with Crippen molar-refractivity contribution in [3.63, 3.8) is 0 Å². The quantitative estimate of drug-likeness (QED) is 0.711. The molecule has 0 aliphatic heterocycles. The molecule has 2 aromatic carbocycles. The first-order valence-corrected chi connectivity index (χ1v) is 9.22. The standard InChI is InChI=1S/C22H26N2O4/c1-5-17-9-6-7-12-20(17)23-21(26)14-24(4)22(27)16(3)28-19-11-8-10-18(13-19)15(2)25/h6-13,16H,5,14H2,1-4H3,(H,23,26). The highest BCUT2D eigenvalue weighted by Gasteiger charge is 2.21. The van der Waals surface area contributed by atoms with Crippen LogP contribution in [-0.2, 0) is 16.0 Å². The maximum absolute atomic E-state index is 12.5. The summed E-state index contributed by atoms with van der Waals surface area (Å²) < 4.78 is 5.65. The zero-order chi connectivity index (χ0) is 20.7. The Hall–Kier alpha value is -3.15. The van der Waals surface area contributed by atoms with Gasteiger partial charge in [0.2, 0.25) is 5.91 Å². The van der Waals surface area contributed by atoms with Crippen molar-refractivity contribution >= 4 is 23.3 Å². The average molecular weight is 382 g/mol. The first-order chi connectivity index (χ1) is 13.3. The summed E-state index contributed by atoms with van der Waals surface area (Å²) in [5.74, 6) is -0.247. The van der Waals surface area contributed by atoms with E-state index in [1.54, 1.807) is 38.2 Å². The van der Waals surface area contributed by atoms with E-state index in [0.717, 1.165) is 17.7 Å². The van der Waals surface area contributed by atoms with Gasteiger partial charge in [-0.3, -0.25) is 14.4 Å². The van der Waals surface area contributed by atoms with Crippen molar-refractivity contribution in [1.29, 1.82) is 0 Å². The molecule has 0 bridgehead atoms. The molecule has 0 spiro atoms. The fourth-order valence-electron chi connectivity index (χ4n) is 2.79. The average Bonchev–Trinajstić information content (AvgIpc) is 2.67. The number of aryl methyl sites for hydroxylation is 1. The lowest BCUT2D eigenvalue weighted by atomic mass is 10.1. The van der Waals surface area contributed by atoms with Gasteiger partial charge in [0.25, 0.3) is 5.91 Å². The van der Waals surface area contributed by atoms with Gasteiger partial charge in [-0.1, -0.05) is 37.3 Å². The summed E-state index contributed by atoms with van der Waals surface area (Å²) in [5.41, 5.74) is 2.30. The van der Waals surface area contributed by atoms with Gasteiger partial charge in [0, 0.05) is 18.3 Å². The molecule has 2 amide bonds. The third kappa shape index (κ3) is 5.67. The van der Waals surface area contributed by atoms with Crippen LogP contribution in [0.15, 0.2) is 48.5 Å². The predicted octanol–water partition coefficient (Wildman–Crippen LogP) is 3.32. The molecule has 0 aliphatic rings. The highest BCUT2D eigenvalue weighted by molar-refractivity contribution is 5.96. The third-order valence-electron chi connectivity index (χ3n) is 4.33. The Bertz CT molecular complexity index is 863. The molecule has 2 rings (SSSR count). The number of ketones is 1. The van der Waals surface area contributed by atoms with Gasteiger partial charge in [-0.2, -0.15) is 0 Å². The van der Waals surface area contributed by atoms with Gasteiger partial charge in [-0.05, 0) is 44.0 Å². The number of nitrogens with one attached hydrogen (secondary N) is 1. The number of anilines is 1. The zero-order valence-corrected chi connectivity index (χ0v) is 16.7. The number of para-hydroxylation sites is 1. The Balaban J connectivity index is 1.94. The number of carbonyl (C=O) groups is 3. The molecule has 6 nitrogen and oxygen atoms in total. The lowest BCUT2D eigenvalue weighted by Crippen LogP contribution is -2.42. The van der Waals surface area contributed by atoms with Crippen molar-refractivity contribution < 1.29 is 19.1 Å². The Labute approximate surface area is 165 Å². The van der Waals surface area contributed by atoms with Gasteiger partial charge < -0.3 is 15.0 Å². The SMILES string of the molecule is CCc1ccccc1NC(=O)CN(C)C(=O)C(C)Oc1cccc(C(C)=O)c1. The van der Waals surface area contributed by atoms with Crippen LogP contribution in [0.25, 0.3) is 0 Å². The van der Waals surface area contributed by atoms with E-state index in [4.69, 9.17) is 4.74 Å². The highest BCUT2D eigenvalue weighted by atomic mass is 16.5. The topological polar surface area (TPSA) is 75.7 Å². The second kappa shape index (κ2) is 9.69. The molecule has 0 aliphatic carbocycles. The number of hydrogen-bond donors (Lipinski definition) is 1. The number of ether oxygens (including phenoxy) is 1. The van der Waals surface area contributed by atoms with Crippen LogP contribution in [0.5, 0.6) is 5.75 Å². The number of hydrogen-bond acceptors (Lipinski definition) is 4. The molecule has 2 aromatic rings. The molecule has 0 radical (unpaired) electrons. The summed E-state index contributed by atoms with van der Waals surface area (Å²) in [4.78, 5) is 37.6. The molecule has 0 heterocycles. The molecule has 0 saturated carbocycles. The van der Waals surface area contributed by atoms with Crippen molar-refractivity contribution in [2.75, 3.05) is 18.9 Å². The second-order valence-electron chi connectivity index (χ2n) is 6.60. The molecule has 1 N–H and O–H groups in total. The van der Waals surface area contributed by atoms with Crippen molar-refractivity contribution in [2.45, 2.75) is 33.3 Å². The van der Waals surface area contributed by atoms with Crippen LogP contribution < -0.4 is 10.1 Å². The number of benzene rings is 2. The van der Waals surface area contributed by atoms with Gasteiger partial charge in [-0.25, -0.2) is 0 Å². The Morgan fingerprint density at radius 1 is 1.11 bits per heavy atom. The van der Waals surface area contributed by atoms with E-state index in [9.17, 15) is 14.4 Å². The van der Waals surface area contributed by atoms with E-state index in [0.29, 0.717) is 11.3 Å². The van der Waals surface area contributed by atoms with E-state index < -0.39 is 6.10 Å². The minimum Gasteiger partial charge on any atom is -0.481 e. The minimum atomic E-state index is -0.789. The Morgan fingerprint density at radius 2 is 1.82 bits per heavy atom. The summed E-state index contributed by atoms with van der Waals surface area (Å²) in [6.45, 7) is 5.01. The number of carbonyl (C=O) groups excluding carboxylic acids is 3. The summed E-state index contributed by atoms with van der Waals surface area (Å²) in [5, 5.41) is 2.84. The van der Waals surface area contributed by atoms with Crippen LogP contribution in [0.1, 0.15) is 36.7 Å². The Kier molecular flexibility index (Phi) is 7.32. The first-order valence-electron chi connectivity index (χ1n) is 9.22. The fourth-order valence-corrected chi connectivity index (χ4v) is 2.79. The molecule has 0 fully saturated rings. The molecule has 1 atom stereocenters. The lowest BCUT2D eigenvalue weighted by molar-refractivity contribution is -0.139. The number of amides is 2. The smallest absolute Gasteiger partial charge is 0.263 e. The maximum Gasteiger partial charge on any atom is 0.263 e. The van der Waals surface area contributed by atoms with E-state index in [1.807, 2.05) is 31.2 Å². The zero-order valence-electron chi connectivity index (χ0n) is 16.7. The molecule has 0 saturated heterocycles. The van der Waals surface area contributed by atoms with Gasteiger partial charge in [0.15, 0.2) is 11.9 Å². The number of likely N-dealkylation sites (N-methyl/N-ethyl adjacent to an activating group) is 1. The van der Waals surface area contributed by atoms with Crippen LogP contribution in [-0.4, -0.2) is 42.2 Å². The molecule has 1 unspecified atom stereocenters. The summed E-state index contributed by atoms with van der Waals surface area (Å²) >= 11 is 0.